The van der Waals surface area contributed by atoms with Crippen molar-refractivity contribution in [3.05, 3.63) is 40.5 Å². The lowest BCUT2D eigenvalue weighted by atomic mass is 10.1. The summed E-state index contributed by atoms with van der Waals surface area (Å²) in [5.41, 5.74) is 7.74. The first-order valence-electron chi connectivity index (χ1n) is 4.52. The zero-order valence-electron chi connectivity index (χ0n) is 8.24. The van der Waals surface area contributed by atoms with Gasteiger partial charge in [-0.05, 0) is 36.8 Å². The number of benzene rings is 1. The van der Waals surface area contributed by atoms with Crippen molar-refractivity contribution in [2.45, 2.75) is 6.92 Å². The van der Waals surface area contributed by atoms with Gasteiger partial charge in [0.2, 0.25) is 0 Å². The fourth-order valence-electron chi connectivity index (χ4n) is 1.38. The molecule has 2 aromatic rings. The molecule has 0 bridgehead atoms. The van der Waals surface area contributed by atoms with Crippen LogP contribution in [0.5, 0.6) is 0 Å². The Bertz CT molecular complexity index is 497. The van der Waals surface area contributed by atoms with Gasteiger partial charge in [0.15, 0.2) is 5.82 Å². The van der Waals surface area contributed by atoms with Gasteiger partial charge >= 0.3 is 0 Å². The van der Waals surface area contributed by atoms with E-state index in [0.29, 0.717) is 11.6 Å². The first-order chi connectivity index (χ1) is 7.16. The largest absolute Gasteiger partial charge is 0.384 e. The Labute approximate surface area is 96.5 Å². The predicted octanol–water partition coefficient (Wildman–Crippen LogP) is 2.80. The van der Waals surface area contributed by atoms with E-state index in [1.54, 1.807) is 12.3 Å². The molecule has 0 saturated heterocycles. The van der Waals surface area contributed by atoms with E-state index in [-0.39, 0.29) is 0 Å². The monoisotopic (exact) mass is 263 g/mol. The minimum absolute atomic E-state index is 0.488. The van der Waals surface area contributed by atoms with E-state index < -0.39 is 0 Å². The molecule has 0 atom stereocenters. The molecule has 1 aromatic heterocycles. The summed E-state index contributed by atoms with van der Waals surface area (Å²) in [6, 6.07) is 7.66. The normalized spacial score (nSPS) is 10.3. The molecule has 1 aromatic carbocycles. The third-order valence-electron chi connectivity index (χ3n) is 2.11. The first-order valence-corrected chi connectivity index (χ1v) is 5.31. The molecule has 0 aliphatic heterocycles. The van der Waals surface area contributed by atoms with Crippen LogP contribution >= 0.6 is 15.9 Å². The maximum atomic E-state index is 5.62. The van der Waals surface area contributed by atoms with Crippen molar-refractivity contribution >= 4 is 21.7 Å². The van der Waals surface area contributed by atoms with Crippen LogP contribution in [0.4, 0.5) is 5.82 Å². The van der Waals surface area contributed by atoms with E-state index in [1.165, 1.54) is 0 Å². The van der Waals surface area contributed by atoms with E-state index in [2.05, 4.69) is 25.9 Å². The van der Waals surface area contributed by atoms with Gasteiger partial charge in [0.25, 0.3) is 0 Å². The van der Waals surface area contributed by atoms with Gasteiger partial charge in [-0.2, -0.15) is 0 Å². The number of nitrogen functional groups attached to an aromatic ring is 1. The van der Waals surface area contributed by atoms with Crippen molar-refractivity contribution in [2.75, 3.05) is 5.73 Å². The number of nitrogens with zero attached hydrogens (tertiary/aromatic N) is 2. The van der Waals surface area contributed by atoms with E-state index in [9.17, 15) is 0 Å². The average Bonchev–Trinajstić information content (AvgIpc) is 2.17. The van der Waals surface area contributed by atoms with Crippen molar-refractivity contribution in [1.82, 2.24) is 9.97 Å². The van der Waals surface area contributed by atoms with Crippen LogP contribution in [-0.2, 0) is 0 Å². The van der Waals surface area contributed by atoms with Crippen molar-refractivity contribution < 1.29 is 0 Å². The molecule has 0 aliphatic carbocycles. The minimum atomic E-state index is 0.488. The Balaban J connectivity index is 2.54. The molecule has 3 nitrogen and oxygen atoms in total. The Morgan fingerprint density at radius 3 is 2.73 bits per heavy atom. The molecule has 0 radical (unpaired) electrons. The molecular formula is C11H10BrN3. The van der Waals surface area contributed by atoms with Gasteiger partial charge in [-0.3, -0.25) is 0 Å². The molecule has 76 valence electrons. The summed E-state index contributed by atoms with van der Waals surface area (Å²) in [5, 5.41) is 0. The quantitative estimate of drug-likeness (QED) is 0.861. The molecule has 2 rings (SSSR count). The van der Waals surface area contributed by atoms with Crippen LogP contribution in [0.1, 0.15) is 5.56 Å². The summed E-state index contributed by atoms with van der Waals surface area (Å²) in [6.07, 6.45) is 1.67. The second-order valence-electron chi connectivity index (χ2n) is 3.26. The average molecular weight is 264 g/mol. The highest BCUT2D eigenvalue weighted by molar-refractivity contribution is 9.10. The van der Waals surface area contributed by atoms with Gasteiger partial charge < -0.3 is 5.73 Å². The zero-order valence-corrected chi connectivity index (χ0v) is 9.82. The summed E-state index contributed by atoms with van der Waals surface area (Å²) in [5.74, 6) is 1.15. The standard InChI is InChI=1S/C11H10BrN3/c1-7-6-8(12)2-3-9(7)11-14-5-4-10(13)15-11/h2-6H,1H3,(H2,13,14,15). The van der Waals surface area contributed by atoms with Gasteiger partial charge in [-0.1, -0.05) is 15.9 Å². The number of anilines is 1. The summed E-state index contributed by atoms with van der Waals surface area (Å²) in [6.45, 7) is 2.02. The number of aromatic nitrogens is 2. The smallest absolute Gasteiger partial charge is 0.161 e. The maximum absolute atomic E-state index is 5.62. The molecular weight excluding hydrogens is 254 g/mol. The first kappa shape index (κ1) is 10.1. The van der Waals surface area contributed by atoms with E-state index >= 15 is 0 Å². The van der Waals surface area contributed by atoms with E-state index in [1.807, 2.05) is 25.1 Å². The summed E-state index contributed by atoms with van der Waals surface area (Å²) < 4.78 is 1.05. The molecule has 0 unspecified atom stereocenters. The number of halogens is 1. The SMILES string of the molecule is Cc1cc(Br)ccc1-c1nccc(N)n1. The van der Waals surface area contributed by atoms with Crippen LogP contribution in [0.15, 0.2) is 34.9 Å². The van der Waals surface area contributed by atoms with Gasteiger partial charge in [0.1, 0.15) is 5.82 Å². The molecule has 0 amide bonds. The topological polar surface area (TPSA) is 51.8 Å². The fourth-order valence-corrected chi connectivity index (χ4v) is 1.86. The Hall–Kier alpha value is -1.42. The second-order valence-corrected chi connectivity index (χ2v) is 4.18. The van der Waals surface area contributed by atoms with Crippen LogP contribution in [0.25, 0.3) is 11.4 Å². The number of hydrogen-bond acceptors (Lipinski definition) is 3. The Kier molecular flexibility index (Phi) is 2.68. The highest BCUT2D eigenvalue weighted by Gasteiger charge is 2.05. The fraction of sp³-hybridized carbons (Fsp3) is 0.0909. The predicted molar refractivity (Wildman–Crippen MR) is 64.3 cm³/mol. The van der Waals surface area contributed by atoms with Crippen molar-refractivity contribution in [2.24, 2.45) is 0 Å². The maximum Gasteiger partial charge on any atom is 0.161 e. The second kappa shape index (κ2) is 3.98. The van der Waals surface area contributed by atoms with Crippen molar-refractivity contribution in [3.63, 3.8) is 0 Å². The molecule has 0 spiro atoms. The Morgan fingerprint density at radius 2 is 2.07 bits per heavy atom. The van der Waals surface area contributed by atoms with Crippen LogP contribution in [0.3, 0.4) is 0 Å². The van der Waals surface area contributed by atoms with Gasteiger partial charge in [-0.25, -0.2) is 9.97 Å². The zero-order chi connectivity index (χ0) is 10.8. The van der Waals surface area contributed by atoms with Crippen LogP contribution in [0, 0.1) is 6.92 Å². The number of aryl methyl sites for hydroxylation is 1. The minimum Gasteiger partial charge on any atom is -0.384 e. The summed E-state index contributed by atoms with van der Waals surface area (Å²) >= 11 is 3.42. The van der Waals surface area contributed by atoms with Gasteiger partial charge in [-0.15, -0.1) is 0 Å². The molecule has 2 N–H and O–H groups in total. The van der Waals surface area contributed by atoms with Gasteiger partial charge in [0.05, 0.1) is 0 Å². The summed E-state index contributed by atoms with van der Waals surface area (Å²) in [7, 11) is 0. The third kappa shape index (κ3) is 2.15. The number of rotatable bonds is 1. The molecule has 4 heteroatoms. The lowest BCUT2D eigenvalue weighted by molar-refractivity contribution is 1.17. The highest BCUT2D eigenvalue weighted by atomic mass is 79.9. The van der Waals surface area contributed by atoms with E-state index in [0.717, 1.165) is 15.6 Å². The molecule has 0 fully saturated rings. The lowest BCUT2D eigenvalue weighted by Crippen LogP contribution is -1.95. The number of hydrogen-bond donors (Lipinski definition) is 1. The van der Waals surface area contributed by atoms with Crippen LogP contribution in [0.2, 0.25) is 0 Å². The molecule has 1 heterocycles. The van der Waals surface area contributed by atoms with E-state index in [4.69, 9.17) is 5.73 Å². The molecule has 0 aliphatic rings. The molecule has 15 heavy (non-hydrogen) atoms. The van der Waals surface area contributed by atoms with Crippen molar-refractivity contribution in [1.29, 1.82) is 0 Å². The van der Waals surface area contributed by atoms with Crippen LogP contribution < -0.4 is 5.73 Å². The number of nitrogens with two attached hydrogens (primary N) is 1. The molecule has 0 saturated carbocycles. The van der Waals surface area contributed by atoms with Crippen LogP contribution in [-0.4, -0.2) is 9.97 Å². The highest BCUT2D eigenvalue weighted by Crippen LogP contribution is 2.23. The Morgan fingerprint density at radius 1 is 1.27 bits per heavy atom. The lowest BCUT2D eigenvalue weighted by Gasteiger charge is -2.04. The van der Waals surface area contributed by atoms with Gasteiger partial charge in [0, 0.05) is 16.2 Å². The third-order valence-corrected chi connectivity index (χ3v) is 2.60. The van der Waals surface area contributed by atoms with Crippen molar-refractivity contribution in [3.8, 4) is 11.4 Å². The summed E-state index contributed by atoms with van der Waals surface area (Å²) in [4.78, 5) is 8.38.